The number of likely N-dealkylation sites (N-methyl/N-ethyl adjacent to an activating group) is 1. The van der Waals surface area contributed by atoms with Gasteiger partial charge < -0.3 is 20.0 Å². The summed E-state index contributed by atoms with van der Waals surface area (Å²) in [6, 6.07) is 15.1. The Balaban J connectivity index is 1.29. The quantitative estimate of drug-likeness (QED) is 0.518. The number of aromatic nitrogens is 1. The van der Waals surface area contributed by atoms with Gasteiger partial charge in [0.1, 0.15) is 5.82 Å². The summed E-state index contributed by atoms with van der Waals surface area (Å²) in [5.41, 5.74) is 2.65. The van der Waals surface area contributed by atoms with E-state index in [1.165, 1.54) is 37.3 Å². The Hall–Kier alpha value is -2.64. The van der Waals surface area contributed by atoms with Crippen molar-refractivity contribution in [2.45, 2.75) is 26.9 Å². The maximum atomic E-state index is 4.95. The summed E-state index contributed by atoms with van der Waals surface area (Å²) in [5.74, 6) is 2.07. The van der Waals surface area contributed by atoms with Crippen LogP contribution in [0.15, 0.2) is 53.7 Å². The Morgan fingerprint density at radius 3 is 2.18 bits per heavy atom. The molecule has 178 valence electrons. The molecule has 0 amide bonds. The highest BCUT2D eigenvalue weighted by molar-refractivity contribution is 5.80. The van der Waals surface area contributed by atoms with Gasteiger partial charge in [-0.3, -0.25) is 4.90 Å². The Kier molecular flexibility index (Phi) is 8.55. The van der Waals surface area contributed by atoms with Crippen LogP contribution in [0.4, 0.5) is 5.82 Å². The summed E-state index contributed by atoms with van der Waals surface area (Å²) >= 11 is 0. The van der Waals surface area contributed by atoms with E-state index in [9.17, 15) is 0 Å². The lowest BCUT2D eigenvalue weighted by atomic mass is 10.1. The van der Waals surface area contributed by atoms with Gasteiger partial charge >= 0.3 is 0 Å². The number of benzene rings is 1. The lowest BCUT2D eigenvalue weighted by Gasteiger charge is -2.37. The number of hydrogen-bond acceptors (Lipinski definition) is 5. The molecule has 2 fully saturated rings. The lowest BCUT2D eigenvalue weighted by Crippen LogP contribution is -2.52. The third-order valence-corrected chi connectivity index (χ3v) is 6.64. The molecule has 4 rings (SSSR count). The fourth-order valence-corrected chi connectivity index (χ4v) is 4.55. The summed E-state index contributed by atoms with van der Waals surface area (Å²) in [7, 11) is 0. The molecular weight excluding hydrogens is 410 g/mol. The predicted molar refractivity (Wildman–Crippen MR) is 137 cm³/mol. The van der Waals surface area contributed by atoms with Crippen LogP contribution in [-0.4, -0.2) is 91.1 Å². The molecular formula is C26H39N7. The molecule has 2 aliphatic heterocycles. The van der Waals surface area contributed by atoms with Gasteiger partial charge in [0.15, 0.2) is 5.96 Å². The maximum Gasteiger partial charge on any atom is 0.194 e. The first kappa shape index (κ1) is 23.5. The molecule has 1 aromatic heterocycles. The van der Waals surface area contributed by atoms with Crippen LogP contribution in [0.3, 0.4) is 0 Å². The summed E-state index contributed by atoms with van der Waals surface area (Å²) in [6.45, 7) is 16.7. The first-order valence-electron chi connectivity index (χ1n) is 12.5. The Morgan fingerprint density at radius 2 is 1.55 bits per heavy atom. The van der Waals surface area contributed by atoms with E-state index in [1.807, 2.05) is 12.3 Å². The van der Waals surface area contributed by atoms with Crippen molar-refractivity contribution in [1.29, 1.82) is 0 Å². The fourth-order valence-electron chi connectivity index (χ4n) is 4.55. The van der Waals surface area contributed by atoms with E-state index in [4.69, 9.17) is 4.99 Å². The van der Waals surface area contributed by atoms with Crippen molar-refractivity contribution in [3.05, 3.63) is 59.8 Å². The molecule has 0 aliphatic carbocycles. The lowest BCUT2D eigenvalue weighted by molar-refractivity contribution is 0.132. The zero-order valence-electron chi connectivity index (χ0n) is 20.3. The molecule has 0 unspecified atom stereocenters. The van der Waals surface area contributed by atoms with E-state index in [1.54, 1.807) is 0 Å². The van der Waals surface area contributed by atoms with E-state index in [-0.39, 0.29) is 0 Å². The summed E-state index contributed by atoms with van der Waals surface area (Å²) < 4.78 is 0. The van der Waals surface area contributed by atoms with E-state index in [0.717, 1.165) is 57.6 Å². The molecule has 3 heterocycles. The topological polar surface area (TPSA) is 50.2 Å². The molecule has 2 saturated heterocycles. The Labute approximate surface area is 199 Å². The number of hydrogen-bond donors (Lipinski definition) is 1. The van der Waals surface area contributed by atoms with Crippen LogP contribution < -0.4 is 10.2 Å². The van der Waals surface area contributed by atoms with E-state index < -0.39 is 0 Å². The molecule has 0 bridgehead atoms. The highest BCUT2D eigenvalue weighted by Crippen LogP contribution is 2.14. The van der Waals surface area contributed by atoms with Gasteiger partial charge in [-0.15, -0.1) is 0 Å². The number of pyridine rings is 1. The highest BCUT2D eigenvalue weighted by atomic mass is 15.4. The number of rotatable bonds is 7. The largest absolute Gasteiger partial charge is 0.357 e. The number of aliphatic imine (C=N–C) groups is 1. The summed E-state index contributed by atoms with van der Waals surface area (Å²) in [5, 5.41) is 3.48. The van der Waals surface area contributed by atoms with Crippen LogP contribution in [0.1, 0.15) is 25.0 Å². The molecule has 0 atom stereocenters. The van der Waals surface area contributed by atoms with Gasteiger partial charge in [-0.2, -0.15) is 0 Å². The minimum atomic E-state index is 0.707. The van der Waals surface area contributed by atoms with Gasteiger partial charge in [0.2, 0.25) is 0 Å². The molecule has 2 aliphatic rings. The molecule has 0 spiro atoms. The molecule has 1 aromatic carbocycles. The number of guanidine groups is 1. The van der Waals surface area contributed by atoms with Gasteiger partial charge in [-0.25, -0.2) is 9.98 Å². The maximum absolute atomic E-state index is 4.95. The van der Waals surface area contributed by atoms with Crippen molar-refractivity contribution in [3.63, 3.8) is 0 Å². The van der Waals surface area contributed by atoms with Crippen molar-refractivity contribution in [1.82, 2.24) is 25.0 Å². The molecule has 0 radical (unpaired) electrons. The van der Waals surface area contributed by atoms with Gasteiger partial charge in [0.25, 0.3) is 0 Å². The van der Waals surface area contributed by atoms with Crippen LogP contribution in [-0.2, 0) is 13.1 Å². The van der Waals surface area contributed by atoms with E-state index >= 15 is 0 Å². The molecule has 7 heteroatoms. The van der Waals surface area contributed by atoms with Crippen LogP contribution in [0.25, 0.3) is 0 Å². The molecule has 0 saturated carbocycles. The smallest absolute Gasteiger partial charge is 0.194 e. The third-order valence-electron chi connectivity index (χ3n) is 6.64. The van der Waals surface area contributed by atoms with Crippen LogP contribution >= 0.6 is 0 Å². The molecule has 2 aromatic rings. The fraction of sp³-hybridized carbons (Fsp3) is 0.538. The third kappa shape index (κ3) is 6.68. The van der Waals surface area contributed by atoms with E-state index in [0.29, 0.717) is 6.54 Å². The van der Waals surface area contributed by atoms with Crippen molar-refractivity contribution >= 4 is 11.8 Å². The van der Waals surface area contributed by atoms with Gasteiger partial charge in [-0.05, 0) is 36.7 Å². The van der Waals surface area contributed by atoms with Crippen molar-refractivity contribution in [2.75, 3.05) is 70.3 Å². The number of anilines is 1. The standard InChI is InChI=1S/C26H39N7/c1-3-27-26(33-19-17-32(18-20-33)25-7-5-6-12-28-25)29-21-23-8-10-24(11-9-23)22-31-15-13-30(4-2)14-16-31/h5-12H,3-4,13-22H2,1-2H3,(H,27,29). The number of nitrogens with one attached hydrogen (secondary N) is 1. The Morgan fingerprint density at radius 1 is 0.848 bits per heavy atom. The first-order valence-corrected chi connectivity index (χ1v) is 12.5. The van der Waals surface area contributed by atoms with Crippen LogP contribution in [0.2, 0.25) is 0 Å². The van der Waals surface area contributed by atoms with Crippen molar-refractivity contribution in [3.8, 4) is 0 Å². The highest BCUT2D eigenvalue weighted by Gasteiger charge is 2.20. The Bertz CT molecular complexity index is 852. The van der Waals surface area contributed by atoms with Crippen molar-refractivity contribution in [2.24, 2.45) is 4.99 Å². The zero-order chi connectivity index (χ0) is 22.9. The average Bonchev–Trinajstić information content (AvgIpc) is 2.88. The molecule has 7 nitrogen and oxygen atoms in total. The number of piperazine rings is 2. The molecule has 33 heavy (non-hydrogen) atoms. The minimum Gasteiger partial charge on any atom is -0.357 e. The second-order valence-corrected chi connectivity index (χ2v) is 8.86. The monoisotopic (exact) mass is 449 g/mol. The normalized spacial score (nSPS) is 18.5. The van der Waals surface area contributed by atoms with Crippen LogP contribution in [0.5, 0.6) is 0 Å². The minimum absolute atomic E-state index is 0.707. The second kappa shape index (κ2) is 12.0. The predicted octanol–water partition coefficient (Wildman–Crippen LogP) is 2.51. The van der Waals surface area contributed by atoms with E-state index in [2.05, 4.69) is 80.1 Å². The second-order valence-electron chi connectivity index (χ2n) is 8.86. The summed E-state index contributed by atoms with van der Waals surface area (Å²) in [4.78, 5) is 19.2. The first-order chi connectivity index (χ1) is 16.2. The summed E-state index contributed by atoms with van der Waals surface area (Å²) in [6.07, 6.45) is 1.87. The number of nitrogens with zero attached hydrogens (tertiary/aromatic N) is 6. The van der Waals surface area contributed by atoms with Gasteiger partial charge in [0.05, 0.1) is 6.54 Å². The molecule has 1 N–H and O–H groups in total. The SMILES string of the molecule is CCNC(=NCc1ccc(CN2CCN(CC)CC2)cc1)N1CCN(c2ccccn2)CC1. The van der Waals surface area contributed by atoms with Gasteiger partial charge in [0, 0.05) is 71.6 Å². The zero-order valence-corrected chi connectivity index (χ0v) is 20.3. The average molecular weight is 450 g/mol. The van der Waals surface area contributed by atoms with Crippen molar-refractivity contribution < 1.29 is 0 Å². The van der Waals surface area contributed by atoms with Crippen LogP contribution in [0, 0.1) is 0 Å². The van der Waals surface area contributed by atoms with Gasteiger partial charge in [-0.1, -0.05) is 37.3 Å².